The van der Waals surface area contributed by atoms with E-state index in [-0.39, 0.29) is 17.6 Å². The van der Waals surface area contributed by atoms with Crippen LogP contribution in [0, 0.1) is 13.8 Å². The van der Waals surface area contributed by atoms with Gasteiger partial charge in [-0.3, -0.25) is 14.5 Å². The number of carbonyl (C=O) groups is 2. The maximum Gasteiger partial charge on any atom is 0.294 e. The molecule has 0 bridgehead atoms. The molecule has 0 radical (unpaired) electrons. The van der Waals surface area contributed by atoms with Crippen molar-refractivity contribution in [2.45, 2.75) is 26.8 Å². The van der Waals surface area contributed by atoms with E-state index in [0.717, 1.165) is 23.2 Å². The average molecular weight is 503 g/mol. The molecule has 0 aliphatic carbocycles. The molecule has 1 N–H and O–H groups in total. The fraction of sp³-hybridized carbons (Fsp3) is 0.152. The minimum Gasteiger partial charge on any atom is -0.449 e. The second-order valence-corrected chi connectivity index (χ2v) is 9.57. The van der Waals surface area contributed by atoms with Gasteiger partial charge < -0.3 is 10.1 Å². The molecule has 2 amide bonds. The van der Waals surface area contributed by atoms with E-state index < -0.39 is 0 Å². The molecule has 1 heterocycles. The second-order valence-electron chi connectivity index (χ2n) is 9.57. The number of nitrogens with zero attached hydrogens (tertiary/aromatic N) is 1. The molecule has 38 heavy (non-hydrogen) atoms. The van der Waals surface area contributed by atoms with Crippen LogP contribution in [0.2, 0.25) is 0 Å². The number of para-hydroxylation sites is 2. The molecule has 0 aromatic heterocycles. The van der Waals surface area contributed by atoms with Crippen LogP contribution in [0.5, 0.6) is 5.75 Å². The molecule has 5 nitrogen and oxygen atoms in total. The zero-order valence-electron chi connectivity index (χ0n) is 21.6. The Bertz CT molecular complexity index is 1470. The summed E-state index contributed by atoms with van der Waals surface area (Å²) in [5.41, 5.74) is 6.71. The van der Waals surface area contributed by atoms with E-state index in [9.17, 15) is 9.59 Å². The smallest absolute Gasteiger partial charge is 0.294 e. The number of anilines is 1. The van der Waals surface area contributed by atoms with Crippen molar-refractivity contribution in [1.29, 1.82) is 0 Å². The third-order valence-corrected chi connectivity index (χ3v) is 6.58. The predicted molar refractivity (Wildman–Crippen MR) is 151 cm³/mol. The van der Waals surface area contributed by atoms with Crippen molar-refractivity contribution in [3.63, 3.8) is 0 Å². The molecule has 5 rings (SSSR count). The van der Waals surface area contributed by atoms with Gasteiger partial charge in [-0.2, -0.15) is 0 Å². The van der Waals surface area contributed by atoms with Crippen LogP contribution < -0.4 is 15.0 Å². The van der Waals surface area contributed by atoms with E-state index in [1.807, 2.05) is 67.6 Å². The Morgan fingerprint density at radius 2 is 1.45 bits per heavy atom. The van der Waals surface area contributed by atoms with Gasteiger partial charge in [-0.05, 0) is 67.3 Å². The summed E-state index contributed by atoms with van der Waals surface area (Å²) in [7, 11) is 0. The Labute approximate surface area is 223 Å². The van der Waals surface area contributed by atoms with Crippen molar-refractivity contribution in [1.82, 2.24) is 5.32 Å². The summed E-state index contributed by atoms with van der Waals surface area (Å²) in [4.78, 5) is 27.8. The first-order valence-electron chi connectivity index (χ1n) is 12.8. The van der Waals surface area contributed by atoms with E-state index in [4.69, 9.17) is 4.74 Å². The zero-order chi connectivity index (χ0) is 26.5. The van der Waals surface area contributed by atoms with Gasteiger partial charge in [-0.1, -0.05) is 83.9 Å². The number of ether oxygens (including phenoxy) is 1. The number of fused-ring (bicyclic) bond motifs is 1. The minimum atomic E-state index is -0.206. The van der Waals surface area contributed by atoms with Gasteiger partial charge in [0.05, 0.1) is 12.2 Å². The lowest BCUT2D eigenvalue weighted by Gasteiger charge is -2.30. The number of hydrogen-bond acceptors (Lipinski definition) is 3. The van der Waals surface area contributed by atoms with Crippen LogP contribution in [0.3, 0.4) is 0 Å². The lowest BCUT2D eigenvalue weighted by Crippen LogP contribution is -2.36. The van der Waals surface area contributed by atoms with E-state index in [1.165, 1.54) is 16.7 Å². The summed E-state index contributed by atoms with van der Waals surface area (Å²) < 4.78 is 6.01. The molecule has 0 spiro atoms. The lowest BCUT2D eigenvalue weighted by molar-refractivity contribution is -0.117. The third kappa shape index (κ3) is 5.84. The molecule has 4 aromatic rings. The Balaban J connectivity index is 1.28. The summed E-state index contributed by atoms with van der Waals surface area (Å²) in [5, 5.41) is 2.97. The summed E-state index contributed by atoms with van der Waals surface area (Å²) in [5.74, 6) is 0.544. The summed E-state index contributed by atoms with van der Waals surface area (Å²) in [6.07, 6.45) is 2.50. The number of hydrogen-bond donors (Lipinski definition) is 1. The van der Waals surface area contributed by atoms with Gasteiger partial charge in [0.2, 0.25) is 0 Å². The molecule has 0 unspecified atom stereocenters. The molecule has 0 saturated carbocycles. The standard InChI is InChI=1S/C33H30N2O3/c1-23-7-11-25(12-8-23)19-20-34-32(36)28-17-15-26(16-18-28)21-31-33(37)35(22-27-13-9-24(2)10-14-27)29-5-3-4-6-30(29)38-31/h3-18,21H,19-20,22H2,1-2H3,(H,34,36)/b31-21+. The number of carbonyl (C=O) groups excluding carboxylic acids is 2. The van der Waals surface area contributed by atoms with Crippen molar-refractivity contribution in [2.75, 3.05) is 11.4 Å². The number of rotatable bonds is 7. The highest BCUT2D eigenvalue weighted by Crippen LogP contribution is 2.36. The van der Waals surface area contributed by atoms with Gasteiger partial charge in [0.25, 0.3) is 11.8 Å². The van der Waals surface area contributed by atoms with Gasteiger partial charge in [0.15, 0.2) is 11.5 Å². The highest BCUT2D eigenvalue weighted by atomic mass is 16.5. The average Bonchev–Trinajstić information content (AvgIpc) is 2.93. The van der Waals surface area contributed by atoms with Gasteiger partial charge >= 0.3 is 0 Å². The van der Waals surface area contributed by atoms with Crippen LogP contribution in [0.25, 0.3) is 6.08 Å². The summed E-state index contributed by atoms with van der Waals surface area (Å²) in [6, 6.07) is 31.2. The summed E-state index contributed by atoms with van der Waals surface area (Å²) in [6.45, 7) is 5.10. The van der Waals surface area contributed by atoms with Crippen LogP contribution in [-0.2, 0) is 17.8 Å². The van der Waals surface area contributed by atoms with Crippen molar-refractivity contribution in [3.05, 3.63) is 136 Å². The van der Waals surface area contributed by atoms with E-state index >= 15 is 0 Å². The molecule has 5 heteroatoms. The maximum atomic E-state index is 13.5. The van der Waals surface area contributed by atoms with Gasteiger partial charge in [-0.25, -0.2) is 0 Å². The van der Waals surface area contributed by atoms with Crippen LogP contribution in [-0.4, -0.2) is 18.4 Å². The maximum absolute atomic E-state index is 13.5. The molecule has 0 saturated heterocycles. The second kappa shape index (κ2) is 11.2. The number of amides is 2. The van der Waals surface area contributed by atoms with Crippen molar-refractivity contribution in [3.8, 4) is 5.75 Å². The number of nitrogens with one attached hydrogen (secondary N) is 1. The van der Waals surface area contributed by atoms with Gasteiger partial charge in [-0.15, -0.1) is 0 Å². The highest BCUT2D eigenvalue weighted by molar-refractivity contribution is 6.09. The first-order valence-corrected chi connectivity index (χ1v) is 12.8. The van der Waals surface area contributed by atoms with E-state index in [2.05, 4.69) is 36.5 Å². The van der Waals surface area contributed by atoms with E-state index in [0.29, 0.717) is 24.4 Å². The third-order valence-electron chi connectivity index (χ3n) is 6.58. The fourth-order valence-electron chi connectivity index (χ4n) is 4.35. The molecule has 1 aliphatic heterocycles. The SMILES string of the molecule is Cc1ccc(CCNC(=O)c2ccc(/C=C3/Oc4ccccc4N(Cc4ccc(C)cc4)C3=O)cc2)cc1. The van der Waals surface area contributed by atoms with Crippen LogP contribution in [0.15, 0.2) is 103 Å². The normalized spacial score (nSPS) is 13.7. The Kier molecular flexibility index (Phi) is 7.36. The molecular formula is C33H30N2O3. The molecule has 4 aromatic carbocycles. The van der Waals surface area contributed by atoms with Crippen molar-refractivity contribution in [2.24, 2.45) is 0 Å². The molecule has 0 fully saturated rings. The van der Waals surface area contributed by atoms with E-state index in [1.54, 1.807) is 23.1 Å². The van der Waals surface area contributed by atoms with Crippen LogP contribution in [0.4, 0.5) is 5.69 Å². The topological polar surface area (TPSA) is 58.6 Å². The molecule has 190 valence electrons. The number of benzene rings is 4. The van der Waals surface area contributed by atoms with Gasteiger partial charge in [0, 0.05) is 12.1 Å². The lowest BCUT2D eigenvalue weighted by atomic mass is 10.1. The Hall–Kier alpha value is -4.64. The predicted octanol–water partition coefficient (Wildman–Crippen LogP) is 6.24. The first kappa shape index (κ1) is 25.0. The highest BCUT2D eigenvalue weighted by Gasteiger charge is 2.30. The van der Waals surface area contributed by atoms with Crippen LogP contribution in [0.1, 0.15) is 38.2 Å². The first-order chi connectivity index (χ1) is 18.5. The summed E-state index contributed by atoms with van der Waals surface area (Å²) >= 11 is 0. The quantitative estimate of drug-likeness (QED) is 0.304. The number of aryl methyl sites for hydroxylation is 2. The van der Waals surface area contributed by atoms with Crippen LogP contribution >= 0.6 is 0 Å². The largest absolute Gasteiger partial charge is 0.449 e. The Morgan fingerprint density at radius 3 is 2.13 bits per heavy atom. The zero-order valence-corrected chi connectivity index (χ0v) is 21.6. The monoisotopic (exact) mass is 502 g/mol. The van der Waals surface area contributed by atoms with Crippen molar-refractivity contribution >= 4 is 23.6 Å². The van der Waals surface area contributed by atoms with Gasteiger partial charge in [0.1, 0.15) is 0 Å². The molecule has 1 aliphatic rings. The van der Waals surface area contributed by atoms with Crippen molar-refractivity contribution < 1.29 is 14.3 Å². The fourth-order valence-corrected chi connectivity index (χ4v) is 4.35. The molecular weight excluding hydrogens is 472 g/mol. The Morgan fingerprint density at radius 1 is 0.816 bits per heavy atom. The minimum absolute atomic E-state index is 0.125. The molecule has 0 atom stereocenters.